The van der Waals surface area contributed by atoms with Crippen molar-refractivity contribution >= 4 is 17.5 Å². The molecule has 2 aromatic carbocycles. The topological polar surface area (TPSA) is 61.4 Å². The quantitative estimate of drug-likeness (QED) is 0.753. The minimum atomic E-state index is -0.104. The number of amides is 2. The molecule has 2 amide bonds. The van der Waals surface area contributed by atoms with Gasteiger partial charge < -0.3 is 10.6 Å². The van der Waals surface area contributed by atoms with Gasteiger partial charge in [-0.1, -0.05) is 49.2 Å². The summed E-state index contributed by atoms with van der Waals surface area (Å²) < 4.78 is 0. The zero-order valence-corrected chi connectivity index (χ0v) is 17.7. The van der Waals surface area contributed by atoms with Crippen LogP contribution in [0, 0.1) is 0 Å². The molecule has 2 aliphatic carbocycles. The Morgan fingerprint density at radius 3 is 2.53 bits per heavy atom. The van der Waals surface area contributed by atoms with Crippen molar-refractivity contribution in [2.45, 2.75) is 57.0 Å². The number of rotatable bonds is 6. The summed E-state index contributed by atoms with van der Waals surface area (Å²) in [5.74, 6) is -0.200. The molecule has 158 valence electrons. The number of hydrogen-bond donors (Lipinski definition) is 2. The maximum Gasteiger partial charge on any atom is 0.253 e. The van der Waals surface area contributed by atoms with Crippen molar-refractivity contribution in [2.75, 3.05) is 18.9 Å². The highest BCUT2D eigenvalue weighted by atomic mass is 16.2. The predicted molar refractivity (Wildman–Crippen MR) is 120 cm³/mol. The van der Waals surface area contributed by atoms with Crippen LogP contribution in [0.15, 0.2) is 48.5 Å². The lowest BCUT2D eigenvalue weighted by Gasteiger charge is -2.33. The third-order valence-corrected chi connectivity index (χ3v) is 6.40. The maximum absolute atomic E-state index is 12.8. The number of anilines is 1. The van der Waals surface area contributed by atoms with Crippen molar-refractivity contribution in [3.63, 3.8) is 0 Å². The van der Waals surface area contributed by atoms with Crippen molar-refractivity contribution in [3.05, 3.63) is 65.2 Å². The van der Waals surface area contributed by atoms with E-state index in [1.165, 1.54) is 24.0 Å². The summed E-state index contributed by atoms with van der Waals surface area (Å²) in [4.78, 5) is 27.7. The largest absolute Gasteiger partial charge is 0.349 e. The first-order chi connectivity index (χ1) is 14.6. The van der Waals surface area contributed by atoms with Crippen LogP contribution in [0.4, 0.5) is 5.69 Å². The van der Waals surface area contributed by atoms with E-state index in [1.807, 2.05) is 19.2 Å². The number of benzene rings is 2. The second kappa shape index (κ2) is 9.43. The molecule has 0 aromatic heterocycles. The number of aryl methyl sites for hydroxylation is 1. The molecule has 4 rings (SSSR count). The van der Waals surface area contributed by atoms with Crippen molar-refractivity contribution < 1.29 is 9.59 Å². The Balaban J connectivity index is 1.40. The SMILES string of the molecule is CN(CC(=O)Nc1ccccc1C(=O)NC1CCCC1)[C@@H]1CCCc2ccccc21. The Bertz CT molecular complexity index is 905. The average molecular weight is 406 g/mol. The van der Waals surface area contributed by atoms with Gasteiger partial charge in [0, 0.05) is 12.1 Å². The van der Waals surface area contributed by atoms with Gasteiger partial charge >= 0.3 is 0 Å². The van der Waals surface area contributed by atoms with Gasteiger partial charge in [0.25, 0.3) is 5.91 Å². The Morgan fingerprint density at radius 1 is 0.967 bits per heavy atom. The van der Waals surface area contributed by atoms with Gasteiger partial charge in [-0.3, -0.25) is 14.5 Å². The van der Waals surface area contributed by atoms with E-state index >= 15 is 0 Å². The number of carbonyl (C=O) groups excluding carboxylic acids is 2. The number of para-hydroxylation sites is 1. The third kappa shape index (κ3) is 4.73. The molecule has 0 saturated heterocycles. The second-order valence-electron chi connectivity index (χ2n) is 8.57. The first-order valence-corrected chi connectivity index (χ1v) is 11.1. The third-order valence-electron chi connectivity index (χ3n) is 6.40. The molecule has 1 fully saturated rings. The smallest absolute Gasteiger partial charge is 0.253 e. The van der Waals surface area contributed by atoms with Crippen LogP contribution in [0.1, 0.15) is 66.1 Å². The zero-order chi connectivity index (χ0) is 20.9. The zero-order valence-electron chi connectivity index (χ0n) is 17.7. The van der Waals surface area contributed by atoms with E-state index in [9.17, 15) is 9.59 Å². The Labute approximate surface area is 178 Å². The van der Waals surface area contributed by atoms with Gasteiger partial charge in [-0.05, 0) is 62.4 Å². The number of fused-ring (bicyclic) bond motifs is 1. The number of nitrogens with zero attached hydrogens (tertiary/aromatic N) is 1. The van der Waals surface area contributed by atoms with Crippen LogP contribution < -0.4 is 10.6 Å². The lowest BCUT2D eigenvalue weighted by Crippen LogP contribution is -2.36. The van der Waals surface area contributed by atoms with Gasteiger partial charge in [-0.2, -0.15) is 0 Å². The average Bonchev–Trinajstić information content (AvgIpc) is 3.26. The molecule has 0 spiro atoms. The molecule has 0 aliphatic heterocycles. The summed E-state index contributed by atoms with van der Waals surface area (Å²) in [5.41, 5.74) is 3.82. The van der Waals surface area contributed by atoms with E-state index in [-0.39, 0.29) is 30.4 Å². The summed E-state index contributed by atoms with van der Waals surface area (Å²) in [6.45, 7) is 0.289. The molecule has 1 atom stereocenters. The van der Waals surface area contributed by atoms with Crippen LogP contribution in [0.3, 0.4) is 0 Å². The summed E-state index contributed by atoms with van der Waals surface area (Å²) in [5, 5.41) is 6.08. The number of hydrogen-bond acceptors (Lipinski definition) is 3. The van der Waals surface area contributed by atoms with E-state index in [2.05, 4.69) is 39.8 Å². The highest BCUT2D eigenvalue weighted by molar-refractivity contribution is 6.04. The van der Waals surface area contributed by atoms with E-state index in [1.54, 1.807) is 12.1 Å². The Morgan fingerprint density at radius 2 is 1.70 bits per heavy atom. The van der Waals surface area contributed by atoms with Gasteiger partial charge in [0.1, 0.15) is 0 Å². The first kappa shape index (κ1) is 20.6. The molecule has 2 aliphatic rings. The number of nitrogens with one attached hydrogen (secondary N) is 2. The molecule has 0 bridgehead atoms. The Kier molecular flexibility index (Phi) is 6.48. The van der Waals surface area contributed by atoms with E-state index in [4.69, 9.17) is 0 Å². The minimum Gasteiger partial charge on any atom is -0.349 e. The molecule has 0 unspecified atom stereocenters. The highest BCUT2D eigenvalue weighted by Gasteiger charge is 2.25. The summed E-state index contributed by atoms with van der Waals surface area (Å²) in [6, 6.07) is 16.3. The molecular weight excluding hydrogens is 374 g/mol. The van der Waals surface area contributed by atoms with Crippen LogP contribution in [0.2, 0.25) is 0 Å². The monoisotopic (exact) mass is 405 g/mol. The molecule has 1 saturated carbocycles. The Hall–Kier alpha value is -2.66. The number of likely N-dealkylation sites (N-methyl/N-ethyl adjacent to an activating group) is 1. The molecular formula is C25H31N3O2. The van der Waals surface area contributed by atoms with Crippen molar-refractivity contribution in [3.8, 4) is 0 Å². The summed E-state index contributed by atoms with van der Waals surface area (Å²) in [7, 11) is 2.01. The van der Waals surface area contributed by atoms with Crippen LogP contribution in [0.5, 0.6) is 0 Å². The molecule has 5 heteroatoms. The normalized spacial score (nSPS) is 18.8. The van der Waals surface area contributed by atoms with Gasteiger partial charge in [0.15, 0.2) is 0 Å². The lowest BCUT2D eigenvalue weighted by molar-refractivity contribution is -0.117. The lowest BCUT2D eigenvalue weighted by atomic mass is 9.87. The fraction of sp³-hybridized carbons (Fsp3) is 0.440. The van der Waals surface area contributed by atoms with Crippen molar-refractivity contribution in [2.24, 2.45) is 0 Å². The molecule has 30 heavy (non-hydrogen) atoms. The van der Waals surface area contributed by atoms with Crippen molar-refractivity contribution in [1.82, 2.24) is 10.2 Å². The van der Waals surface area contributed by atoms with E-state index in [0.717, 1.165) is 32.1 Å². The predicted octanol–water partition coefficient (Wildman–Crippen LogP) is 4.31. The maximum atomic E-state index is 12.8. The van der Waals surface area contributed by atoms with Gasteiger partial charge in [-0.15, -0.1) is 0 Å². The molecule has 2 N–H and O–H groups in total. The molecule has 5 nitrogen and oxygen atoms in total. The van der Waals surface area contributed by atoms with Crippen LogP contribution in [-0.2, 0) is 11.2 Å². The van der Waals surface area contributed by atoms with Gasteiger partial charge in [0.05, 0.1) is 17.8 Å². The fourth-order valence-electron chi connectivity index (χ4n) is 4.84. The standard InChI is InChI=1S/C25H31N3O2/c1-28(23-16-8-10-18-9-2-5-13-20(18)23)17-24(29)27-22-15-7-6-14-21(22)25(30)26-19-11-3-4-12-19/h2,5-7,9,13-15,19,23H,3-4,8,10-12,16-17H2,1H3,(H,26,30)(H,27,29)/t23-/m1/s1. The summed E-state index contributed by atoms with van der Waals surface area (Å²) >= 11 is 0. The van der Waals surface area contributed by atoms with E-state index < -0.39 is 0 Å². The molecule has 0 heterocycles. The highest BCUT2D eigenvalue weighted by Crippen LogP contribution is 2.33. The van der Waals surface area contributed by atoms with E-state index in [0.29, 0.717) is 11.3 Å². The fourth-order valence-corrected chi connectivity index (χ4v) is 4.84. The molecule has 2 aromatic rings. The van der Waals surface area contributed by atoms with Crippen LogP contribution >= 0.6 is 0 Å². The van der Waals surface area contributed by atoms with Crippen LogP contribution in [0.25, 0.3) is 0 Å². The number of carbonyl (C=O) groups is 2. The van der Waals surface area contributed by atoms with Crippen LogP contribution in [-0.4, -0.2) is 36.3 Å². The second-order valence-corrected chi connectivity index (χ2v) is 8.57. The van der Waals surface area contributed by atoms with Gasteiger partial charge in [-0.25, -0.2) is 0 Å². The first-order valence-electron chi connectivity index (χ1n) is 11.1. The minimum absolute atomic E-state index is 0.0957. The molecule has 0 radical (unpaired) electrons. The summed E-state index contributed by atoms with van der Waals surface area (Å²) in [6.07, 6.45) is 7.71. The van der Waals surface area contributed by atoms with Crippen molar-refractivity contribution in [1.29, 1.82) is 0 Å². The van der Waals surface area contributed by atoms with Gasteiger partial charge in [0.2, 0.25) is 5.91 Å².